The van der Waals surface area contributed by atoms with Crippen molar-refractivity contribution in [2.24, 2.45) is 0 Å². The maximum absolute atomic E-state index is 5.45. The number of aryl methyl sites for hydroxylation is 1. The van der Waals surface area contributed by atoms with Crippen molar-refractivity contribution in [3.8, 4) is 0 Å². The number of anilines is 1. The summed E-state index contributed by atoms with van der Waals surface area (Å²) >= 11 is 7.18. The molecule has 25 heavy (non-hydrogen) atoms. The Kier molecular flexibility index (Phi) is 6.09. The summed E-state index contributed by atoms with van der Waals surface area (Å²) in [6.07, 6.45) is 0. The average molecular weight is 365 g/mol. The molecule has 0 fully saturated rings. The molecule has 0 heterocycles. The van der Waals surface area contributed by atoms with E-state index in [2.05, 4.69) is 60.0 Å². The molecule has 0 saturated heterocycles. The summed E-state index contributed by atoms with van der Waals surface area (Å²) in [6, 6.07) is 27.0. The molecular weight excluding hydrogens is 344 g/mol. The van der Waals surface area contributed by atoms with Gasteiger partial charge in [-0.1, -0.05) is 71.9 Å². The van der Waals surface area contributed by atoms with Crippen LogP contribution in [0, 0.1) is 6.92 Å². The average Bonchev–Trinajstić information content (AvgIpc) is 2.64. The summed E-state index contributed by atoms with van der Waals surface area (Å²) in [5.41, 5.74) is 3.48. The third-order valence-electron chi connectivity index (χ3n) is 3.68. The van der Waals surface area contributed by atoms with Gasteiger partial charge in [-0.25, -0.2) is 0 Å². The fourth-order valence-corrected chi connectivity index (χ4v) is 3.43. The maximum Gasteiger partial charge on any atom is 0.171 e. The second-order valence-corrected chi connectivity index (χ2v) is 7.23. The molecule has 0 unspecified atom stereocenters. The SMILES string of the molecule is Cc1ccc(CNC(=S)Nc2ccccc2Sc2ccccc2)cc1. The minimum absolute atomic E-state index is 0.627. The molecule has 0 spiro atoms. The summed E-state index contributed by atoms with van der Waals surface area (Å²) in [5, 5.41) is 7.21. The topological polar surface area (TPSA) is 24.1 Å². The van der Waals surface area contributed by atoms with Gasteiger partial charge < -0.3 is 10.6 Å². The van der Waals surface area contributed by atoms with Crippen molar-refractivity contribution < 1.29 is 0 Å². The Labute approximate surface area is 158 Å². The van der Waals surface area contributed by atoms with Gasteiger partial charge in [0, 0.05) is 16.3 Å². The van der Waals surface area contributed by atoms with E-state index in [9.17, 15) is 0 Å². The summed E-state index contributed by atoms with van der Waals surface area (Å²) in [7, 11) is 0. The van der Waals surface area contributed by atoms with Crippen molar-refractivity contribution in [2.45, 2.75) is 23.3 Å². The van der Waals surface area contributed by atoms with Gasteiger partial charge in [-0.15, -0.1) is 0 Å². The van der Waals surface area contributed by atoms with Crippen molar-refractivity contribution >= 4 is 34.8 Å². The first-order valence-electron chi connectivity index (χ1n) is 8.13. The lowest BCUT2D eigenvalue weighted by molar-refractivity contribution is 0.924. The van der Waals surface area contributed by atoms with E-state index in [1.54, 1.807) is 11.8 Å². The van der Waals surface area contributed by atoms with Gasteiger partial charge in [0.05, 0.1) is 5.69 Å². The monoisotopic (exact) mass is 364 g/mol. The molecule has 0 bridgehead atoms. The minimum Gasteiger partial charge on any atom is -0.358 e. The molecule has 0 aliphatic rings. The van der Waals surface area contributed by atoms with Gasteiger partial charge in [-0.2, -0.15) is 0 Å². The molecule has 3 rings (SSSR count). The van der Waals surface area contributed by atoms with Gasteiger partial charge in [-0.3, -0.25) is 0 Å². The predicted octanol–water partition coefficient (Wildman–Crippen LogP) is 5.63. The van der Waals surface area contributed by atoms with E-state index in [0.29, 0.717) is 11.7 Å². The first-order chi connectivity index (χ1) is 12.2. The Hall–Kier alpha value is -2.30. The zero-order valence-corrected chi connectivity index (χ0v) is 15.7. The first kappa shape index (κ1) is 17.5. The molecule has 4 heteroatoms. The highest BCUT2D eigenvalue weighted by atomic mass is 32.2. The number of thiocarbonyl (C=S) groups is 1. The summed E-state index contributed by atoms with van der Waals surface area (Å²) in [4.78, 5) is 2.35. The van der Waals surface area contributed by atoms with Crippen LogP contribution in [0.3, 0.4) is 0 Å². The van der Waals surface area contributed by atoms with Crippen LogP contribution >= 0.6 is 24.0 Å². The Bertz CT molecular complexity index is 830. The smallest absolute Gasteiger partial charge is 0.171 e. The van der Waals surface area contributed by atoms with Crippen molar-refractivity contribution in [3.05, 3.63) is 90.0 Å². The lowest BCUT2D eigenvalue weighted by Crippen LogP contribution is -2.28. The van der Waals surface area contributed by atoms with E-state index < -0.39 is 0 Å². The van der Waals surface area contributed by atoms with Gasteiger partial charge in [0.25, 0.3) is 0 Å². The third-order valence-corrected chi connectivity index (χ3v) is 5.01. The molecule has 2 nitrogen and oxygen atoms in total. The molecule has 0 aromatic heterocycles. The van der Waals surface area contributed by atoms with Crippen molar-refractivity contribution in [2.75, 3.05) is 5.32 Å². The third kappa shape index (κ3) is 5.34. The second kappa shape index (κ2) is 8.70. The Morgan fingerprint density at radius 3 is 2.32 bits per heavy atom. The molecule has 3 aromatic rings. The second-order valence-electron chi connectivity index (χ2n) is 5.70. The molecule has 0 saturated carbocycles. The Morgan fingerprint density at radius 2 is 1.56 bits per heavy atom. The molecule has 0 amide bonds. The number of nitrogens with one attached hydrogen (secondary N) is 2. The van der Waals surface area contributed by atoms with E-state index in [0.717, 1.165) is 10.6 Å². The standard InChI is InChI=1S/C21H20N2S2/c1-16-11-13-17(14-12-16)15-22-21(24)23-19-9-5-6-10-20(19)25-18-7-3-2-4-8-18/h2-14H,15H2,1H3,(H2,22,23,24). The van der Waals surface area contributed by atoms with E-state index in [1.807, 2.05) is 36.4 Å². The van der Waals surface area contributed by atoms with E-state index in [4.69, 9.17) is 12.2 Å². The van der Waals surface area contributed by atoms with Crippen LogP contribution in [-0.2, 0) is 6.54 Å². The first-order valence-corrected chi connectivity index (χ1v) is 9.35. The fourth-order valence-electron chi connectivity index (χ4n) is 2.33. The van der Waals surface area contributed by atoms with Crippen LogP contribution in [0.2, 0.25) is 0 Å². The molecule has 3 aromatic carbocycles. The summed E-state index contributed by atoms with van der Waals surface area (Å²) in [6.45, 7) is 2.80. The number of para-hydroxylation sites is 1. The Morgan fingerprint density at radius 1 is 0.880 bits per heavy atom. The van der Waals surface area contributed by atoms with Crippen LogP contribution < -0.4 is 10.6 Å². The van der Waals surface area contributed by atoms with Gasteiger partial charge in [0.2, 0.25) is 0 Å². The lowest BCUT2D eigenvalue weighted by Gasteiger charge is -2.14. The van der Waals surface area contributed by atoms with Crippen molar-refractivity contribution in [1.29, 1.82) is 0 Å². The van der Waals surface area contributed by atoms with Crippen LogP contribution in [0.5, 0.6) is 0 Å². The highest BCUT2D eigenvalue weighted by Gasteiger charge is 2.05. The van der Waals surface area contributed by atoms with Crippen molar-refractivity contribution in [1.82, 2.24) is 5.32 Å². The number of rotatable bonds is 5. The zero-order valence-electron chi connectivity index (χ0n) is 14.0. The maximum atomic E-state index is 5.45. The van der Waals surface area contributed by atoms with Gasteiger partial charge >= 0.3 is 0 Å². The Balaban J connectivity index is 1.62. The lowest BCUT2D eigenvalue weighted by atomic mass is 10.1. The van der Waals surface area contributed by atoms with Crippen molar-refractivity contribution in [3.63, 3.8) is 0 Å². The molecule has 126 valence electrons. The highest BCUT2D eigenvalue weighted by molar-refractivity contribution is 7.99. The quantitative estimate of drug-likeness (QED) is 0.573. The fraction of sp³-hybridized carbons (Fsp3) is 0.0952. The summed E-state index contributed by atoms with van der Waals surface area (Å²) in [5.74, 6) is 0. The van der Waals surface area contributed by atoms with E-state index >= 15 is 0 Å². The van der Waals surface area contributed by atoms with Crippen LogP contribution in [0.1, 0.15) is 11.1 Å². The zero-order chi connectivity index (χ0) is 17.5. The molecule has 0 aliphatic heterocycles. The number of hydrogen-bond acceptors (Lipinski definition) is 2. The van der Waals surface area contributed by atoms with Crippen LogP contribution in [-0.4, -0.2) is 5.11 Å². The molecule has 0 aliphatic carbocycles. The molecule has 0 atom stereocenters. The normalized spacial score (nSPS) is 10.3. The van der Waals surface area contributed by atoms with Gasteiger partial charge in [0.15, 0.2) is 5.11 Å². The number of hydrogen-bond donors (Lipinski definition) is 2. The molecule has 2 N–H and O–H groups in total. The van der Waals surface area contributed by atoms with Crippen LogP contribution in [0.4, 0.5) is 5.69 Å². The van der Waals surface area contributed by atoms with E-state index in [-0.39, 0.29) is 0 Å². The van der Waals surface area contributed by atoms with E-state index in [1.165, 1.54) is 16.0 Å². The molecular formula is C21H20N2S2. The molecule has 0 radical (unpaired) electrons. The van der Waals surface area contributed by atoms with Crippen LogP contribution in [0.15, 0.2) is 88.7 Å². The summed E-state index contributed by atoms with van der Waals surface area (Å²) < 4.78 is 0. The largest absolute Gasteiger partial charge is 0.358 e. The van der Waals surface area contributed by atoms with Crippen LogP contribution in [0.25, 0.3) is 0 Å². The highest BCUT2D eigenvalue weighted by Crippen LogP contribution is 2.33. The number of benzene rings is 3. The minimum atomic E-state index is 0.627. The van der Waals surface area contributed by atoms with Gasteiger partial charge in [0.1, 0.15) is 0 Å². The van der Waals surface area contributed by atoms with Gasteiger partial charge in [-0.05, 0) is 49.0 Å². The predicted molar refractivity (Wildman–Crippen MR) is 111 cm³/mol.